The molecule has 100 valence electrons. The fourth-order valence-corrected chi connectivity index (χ4v) is 1.42. The molecular weight excluding hydrogens is 220 g/mol. The lowest BCUT2D eigenvalue weighted by Crippen LogP contribution is -2.44. The van der Waals surface area contributed by atoms with E-state index in [0.717, 1.165) is 19.3 Å². The van der Waals surface area contributed by atoms with E-state index in [1.165, 1.54) is 0 Å². The van der Waals surface area contributed by atoms with Crippen molar-refractivity contribution in [2.75, 3.05) is 33.4 Å². The summed E-state index contributed by atoms with van der Waals surface area (Å²) >= 11 is 0. The van der Waals surface area contributed by atoms with Crippen LogP contribution in [0.4, 0.5) is 0 Å². The zero-order valence-corrected chi connectivity index (χ0v) is 11.1. The molecule has 0 aromatic heterocycles. The molecule has 0 bridgehead atoms. The van der Waals surface area contributed by atoms with E-state index in [0.29, 0.717) is 26.2 Å². The lowest BCUT2D eigenvalue weighted by atomic mass is 10.3. The maximum absolute atomic E-state index is 11.8. The molecule has 5 nitrogen and oxygen atoms in total. The van der Waals surface area contributed by atoms with Crippen molar-refractivity contribution >= 4 is 11.8 Å². The van der Waals surface area contributed by atoms with Gasteiger partial charge in [0.2, 0.25) is 0 Å². The monoisotopic (exact) mass is 244 g/mol. The van der Waals surface area contributed by atoms with Crippen molar-refractivity contribution in [2.24, 2.45) is 0 Å². The van der Waals surface area contributed by atoms with Crippen LogP contribution in [0.3, 0.4) is 0 Å². The zero-order chi connectivity index (χ0) is 13.1. The number of amides is 2. The number of ether oxygens (including phenoxy) is 1. The standard InChI is InChI=1S/C12H24N2O3/c1-4-6-9-14(8-5-2)12(16)11(15)13-7-10-17-3/h4-10H2,1-3H3,(H,13,15). The summed E-state index contributed by atoms with van der Waals surface area (Å²) < 4.78 is 4.81. The highest BCUT2D eigenvalue weighted by molar-refractivity contribution is 6.34. The van der Waals surface area contributed by atoms with Crippen molar-refractivity contribution in [3.05, 3.63) is 0 Å². The molecule has 0 aromatic rings. The van der Waals surface area contributed by atoms with E-state index in [9.17, 15) is 9.59 Å². The average Bonchev–Trinajstić information content (AvgIpc) is 2.33. The topological polar surface area (TPSA) is 58.6 Å². The normalized spacial score (nSPS) is 10.1. The molecule has 0 radical (unpaired) electrons. The summed E-state index contributed by atoms with van der Waals surface area (Å²) in [6.45, 7) is 6.14. The Labute approximate surface area is 103 Å². The second-order valence-corrected chi connectivity index (χ2v) is 3.89. The molecule has 0 rings (SSSR count). The van der Waals surface area contributed by atoms with Gasteiger partial charge in [0.1, 0.15) is 0 Å². The minimum absolute atomic E-state index is 0.370. The van der Waals surface area contributed by atoms with Gasteiger partial charge in [-0.15, -0.1) is 0 Å². The first-order valence-electron chi connectivity index (χ1n) is 6.23. The Morgan fingerprint density at radius 1 is 1.18 bits per heavy atom. The molecular formula is C12H24N2O3. The minimum Gasteiger partial charge on any atom is -0.383 e. The third kappa shape index (κ3) is 6.94. The Kier molecular flexibility index (Phi) is 9.43. The van der Waals surface area contributed by atoms with Crippen LogP contribution in [0.1, 0.15) is 33.1 Å². The summed E-state index contributed by atoms with van der Waals surface area (Å²) in [4.78, 5) is 25.0. The summed E-state index contributed by atoms with van der Waals surface area (Å²) in [6, 6.07) is 0. The Morgan fingerprint density at radius 2 is 1.88 bits per heavy atom. The molecule has 0 aliphatic rings. The Balaban J connectivity index is 4.13. The van der Waals surface area contributed by atoms with E-state index in [1.54, 1.807) is 12.0 Å². The van der Waals surface area contributed by atoms with Crippen LogP contribution in [-0.2, 0) is 14.3 Å². The highest BCUT2D eigenvalue weighted by Crippen LogP contribution is 1.98. The van der Waals surface area contributed by atoms with E-state index < -0.39 is 11.8 Å². The third-order valence-corrected chi connectivity index (χ3v) is 2.35. The van der Waals surface area contributed by atoms with Crippen molar-refractivity contribution in [1.82, 2.24) is 10.2 Å². The van der Waals surface area contributed by atoms with Gasteiger partial charge in [0.15, 0.2) is 0 Å². The number of hydrogen-bond acceptors (Lipinski definition) is 3. The van der Waals surface area contributed by atoms with Gasteiger partial charge in [0.25, 0.3) is 0 Å². The van der Waals surface area contributed by atoms with Crippen molar-refractivity contribution in [1.29, 1.82) is 0 Å². The zero-order valence-electron chi connectivity index (χ0n) is 11.1. The van der Waals surface area contributed by atoms with Crippen LogP contribution >= 0.6 is 0 Å². The van der Waals surface area contributed by atoms with Gasteiger partial charge in [-0.25, -0.2) is 0 Å². The van der Waals surface area contributed by atoms with Gasteiger partial charge in [0, 0.05) is 26.7 Å². The molecule has 0 spiro atoms. The van der Waals surface area contributed by atoms with Crippen LogP contribution in [-0.4, -0.2) is 50.1 Å². The van der Waals surface area contributed by atoms with Crippen molar-refractivity contribution < 1.29 is 14.3 Å². The Hall–Kier alpha value is -1.10. The number of hydrogen-bond donors (Lipinski definition) is 1. The van der Waals surface area contributed by atoms with Crippen molar-refractivity contribution in [3.63, 3.8) is 0 Å². The fourth-order valence-electron chi connectivity index (χ4n) is 1.42. The highest BCUT2D eigenvalue weighted by Gasteiger charge is 2.19. The molecule has 0 aromatic carbocycles. The van der Waals surface area contributed by atoms with E-state index in [1.807, 2.05) is 6.92 Å². The van der Waals surface area contributed by atoms with Gasteiger partial charge in [-0.1, -0.05) is 20.3 Å². The van der Waals surface area contributed by atoms with Crippen molar-refractivity contribution in [3.8, 4) is 0 Å². The Morgan fingerprint density at radius 3 is 2.41 bits per heavy atom. The third-order valence-electron chi connectivity index (χ3n) is 2.35. The predicted molar refractivity (Wildman–Crippen MR) is 66.7 cm³/mol. The quantitative estimate of drug-likeness (QED) is 0.507. The van der Waals surface area contributed by atoms with Gasteiger partial charge in [0.05, 0.1) is 6.61 Å². The molecule has 0 saturated heterocycles. The fraction of sp³-hybridized carbons (Fsp3) is 0.833. The molecule has 0 aliphatic heterocycles. The Bertz CT molecular complexity index is 232. The largest absolute Gasteiger partial charge is 0.383 e. The van der Waals surface area contributed by atoms with E-state index in [4.69, 9.17) is 4.74 Å². The summed E-state index contributed by atoms with van der Waals surface area (Å²) in [6.07, 6.45) is 2.80. The maximum Gasteiger partial charge on any atom is 0.311 e. The van der Waals surface area contributed by atoms with Crippen LogP contribution in [0.15, 0.2) is 0 Å². The second kappa shape index (κ2) is 10.1. The molecule has 0 atom stereocenters. The van der Waals surface area contributed by atoms with Crippen LogP contribution in [0, 0.1) is 0 Å². The molecule has 5 heteroatoms. The van der Waals surface area contributed by atoms with Gasteiger partial charge < -0.3 is 15.0 Å². The number of unbranched alkanes of at least 4 members (excludes halogenated alkanes) is 1. The molecule has 2 amide bonds. The maximum atomic E-state index is 11.8. The SMILES string of the molecule is CCCCN(CCC)C(=O)C(=O)NCCOC. The molecule has 1 N–H and O–H groups in total. The van der Waals surface area contributed by atoms with Crippen LogP contribution < -0.4 is 5.32 Å². The van der Waals surface area contributed by atoms with Crippen LogP contribution in [0.2, 0.25) is 0 Å². The molecule has 0 fully saturated rings. The first-order chi connectivity index (χ1) is 8.17. The first kappa shape index (κ1) is 15.9. The summed E-state index contributed by atoms with van der Waals surface area (Å²) in [7, 11) is 1.55. The van der Waals surface area contributed by atoms with Gasteiger partial charge in [-0.05, 0) is 12.8 Å². The highest BCUT2D eigenvalue weighted by atomic mass is 16.5. The number of methoxy groups -OCH3 is 1. The van der Waals surface area contributed by atoms with E-state index in [-0.39, 0.29) is 0 Å². The molecule has 0 saturated carbocycles. The summed E-state index contributed by atoms with van der Waals surface area (Å²) in [5.41, 5.74) is 0. The molecule has 0 unspecified atom stereocenters. The molecule has 17 heavy (non-hydrogen) atoms. The summed E-state index contributed by atoms with van der Waals surface area (Å²) in [5, 5.41) is 2.54. The second-order valence-electron chi connectivity index (χ2n) is 3.89. The average molecular weight is 244 g/mol. The van der Waals surface area contributed by atoms with Crippen LogP contribution in [0.5, 0.6) is 0 Å². The van der Waals surface area contributed by atoms with Gasteiger partial charge in [-0.3, -0.25) is 9.59 Å². The lowest BCUT2D eigenvalue weighted by molar-refractivity contribution is -0.146. The van der Waals surface area contributed by atoms with Gasteiger partial charge in [-0.2, -0.15) is 0 Å². The first-order valence-corrected chi connectivity index (χ1v) is 6.23. The predicted octanol–water partition coefficient (Wildman–Crippen LogP) is 0.788. The number of carbonyl (C=O) groups is 2. The number of nitrogens with zero attached hydrogens (tertiary/aromatic N) is 1. The van der Waals surface area contributed by atoms with Crippen molar-refractivity contribution in [2.45, 2.75) is 33.1 Å². The summed E-state index contributed by atoms with van der Waals surface area (Å²) in [5.74, 6) is -0.969. The molecule has 0 heterocycles. The minimum atomic E-state index is -0.536. The number of nitrogens with one attached hydrogen (secondary N) is 1. The van der Waals surface area contributed by atoms with Crippen LogP contribution in [0.25, 0.3) is 0 Å². The molecule has 0 aliphatic carbocycles. The smallest absolute Gasteiger partial charge is 0.311 e. The van der Waals surface area contributed by atoms with E-state index >= 15 is 0 Å². The van der Waals surface area contributed by atoms with E-state index in [2.05, 4.69) is 12.2 Å². The number of carbonyl (C=O) groups excluding carboxylic acids is 2. The number of rotatable bonds is 8. The van der Waals surface area contributed by atoms with Gasteiger partial charge >= 0.3 is 11.8 Å². The lowest BCUT2D eigenvalue weighted by Gasteiger charge is -2.21.